The molecule has 71 heavy (non-hydrogen) atoms. The summed E-state index contributed by atoms with van der Waals surface area (Å²) in [4.78, 5) is 131. The molecule has 0 unspecified atom stereocenters. The number of H-pyrrole nitrogens is 2. The van der Waals surface area contributed by atoms with Crippen LogP contribution in [0.25, 0.3) is 10.9 Å². The first kappa shape index (κ1) is 54.1. The van der Waals surface area contributed by atoms with Crippen molar-refractivity contribution in [2.75, 3.05) is 13.1 Å². The topological polar surface area (TPSA) is 352 Å². The van der Waals surface area contributed by atoms with Crippen LogP contribution in [-0.4, -0.2) is 133 Å². The summed E-state index contributed by atoms with van der Waals surface area (Å²) >= 11 is 0. The van der Waals surface area contributed by atoms with E-state index in [1.807, 2.05) is 32.0 Å². The Bertz CT molecular complexity index is 2490. The number of hydrogen-bond acceptors (Lipinski definition) is 12. The summed E-state index contributed by atoms with van der Waals surface area (Å²) in [6.07, 6.45) is 5.62. The Balaban J connectivity index is 1.25. The largest absolute Gasteiger partial charge is 0.508 e. The normalized spacial score (nSPS) is 15.8. The van der Waals surface area contributed by atoms with Gasteiger partial charge in [-0.2, -0.15) is 0 Å². The number of imidazole rings is 1. The first-order chi connectivity index (χ1) is 33.9. The lowest BCUT2D eigenvalue weighted by molar-refractivity contribution is -0.140. The van der Waals surface area contributed by atoms with Crippen molar-refractivity contribution in [2.24, 2.45) is 11.7 Å². The molecule has 5 rings (SSSR count). The van der Waals surface area contributed by atoms with Crippen LogP contribution in [0.1, 0.15) is 82.5 Å². The number of carbonyl (C=O) groups excluding carboxylic acids is 9. The highest BCUT2D eigenvalue weighted by molar-refractivity contribution is 5.97. The molecule has 1 aliphatic rings. The Morgan fingerprint density at radius 2 is 1.45 bits per heavy atom. The van der Waals surface area contributed by atoms with Crippen molar-refractivity contribution >= 4 is 64.1 Å². The number of rotatable bonds is 25. The smallest absolute Gasteiger partial charge is 0.265 e. The molecule has 2 aromatic heterocycles. The minimum absolute atomic E-state index is 0.0363. The van der Waals surface area contributed by atoms with Gasteiger partial charge in [0.25, 0.3) is 5.91 Å². The summed E-state index contributed by atoms with van der Waals surface area (Å²) in [6, 6.07) is 6.29. The number of nitrogens with one attached hydrogen (secondary N) is 9. The summed E-state index contributed by atoms with van der Waals surface area (Å²) < 4.78 is 0. The van der Waals surface area contributed by atoms with Gasteiger partial charge in [0.15, 0.2) is 0 Å². The Kier molecular flexibility index (Phi) is 20.0. The molecule has 4 aromatic rings. The Hall–Kier alpha value is -7.82. The van der Waals surface area contributed by atoms with Crippen molar-refractivity contribution in [3.63, 3.8) is 0 Å². The number of fused-ring (bicyclic) bond motifs is 1. The average Bonchev–Trinajstić information content (AvgIpc) is 3.97. The van der Waals surface area contributed by atoms with Crippen molar-refractivity contribution in [2.45, 2.75) is 121 Å². The molecule has 2 aromatic carbocycles. The minimum atomic E-state index is -1.32. The van der Waals surface area contributed by atoms with Crippen LogP contribution in [0.5, 0.6) is 5.75 Å². The fourth-order valence-electron chi connectivity index (χ4n) is 8.11. The maximum absolute atomic E-state index is 14.1. The van der Waals surface area contributed by atoms with Gasteiger partial charge >= 0.3 is 0 Å². The first-order valence-corrected chi connectivity index (χ1v) is 23.5. The molecular weight excluding hydrogens is 921 g/mol. The molecule has 13 N–H and O–H groups in total. The van der Waals surface area contributed by atoms with Crippen LogP contribution < -0.4 is 43.1 Å². The van der Waals surface area contributed by atoms with Crippen LogP contribution in [0, 0.1) is 5.92 Å². The number of hydrogen-bond donors (Lipinski definition) is 12. The maximum atomic E-state index is 14.1. The van der Waals surface area contributed by atoms with Gasteiger partial charge in [0, 0.05) is 61.2 Å². The van der Waals surface area contributed by atoms with E-state index in [-0.39, 0.29) is 69.6 Å². The monoisotopic (exact) mass is 984 g/mol. The highest BCUT2D eigenvalue weighted by Crippen LogP contribution is 2.20. The number of aromatic nitrogens is 3. The van der Waals surface area contributed by atoms with Crippen molar-refractivity contribution in [3.8, 4) is 5.75 Å². The molecule has 6 atom stereocenters. The molecular formula is C48H64N12O11. The zero-order valence-corrected chi connectivity index (χ0v) is 39.9. The number of phenols is 1. The van der Waals surface area contributed by atoms with Crippen LogP contribution in [0.3, 0.4) is 0 Å². The van der Waals surface area contributed by atoms with Gasteiger partial charge in [-0.25, -0.2) is 10.5 Å². The van der Waals surface area contributed by atoms with E-state index in [4.69, 9.17) is 5.73 Å². The number of phenolic OH excluding ortho intramolecular Hbond substituents is 1. The van der Waals surface area contributed by atoms with E-state index in [1.165, 1.54) is 36.5 Å². The molecule has 23 nitrogen and oxygen atoms in total. The molecule has 3 heterocycles. The molecule has 382 valence electrons. The minimum Gasteiger partial charge on any atom is -0.508 e. The highest BCUT2D eigenvalue weighted by Gasteiger charge is 2.34. The number of hydroxylamine groups is 1. The number of likely N-dealkylation sites (tertiary alicyclic amines) is 1. The highest BCUT2D eigenvalue weighted by atomic mass is 16.5. The number of nitrogens with two attached hydrogens (primary N) is 1. The summed E-state index contributed by atoms with van der Waals surface area (Å²) in [6.45, 7) is 4.73. The number of aryl methyl sites for hydroxylation is 1. The maximum Gasteiger partial charge on any atom is 0.265 e. The van der Waals surface area contributed by atoms with Crippen molar-refractivity contribution in [1.29, 1.82) is 0 Å². The van der Waals surface area contributed by atoms with Crippen LogP contribution in [0.15, 0.2) is 67.3 Å². The lowest BCUT2D eigenvalue weighted by Gasteiger charge is -2.27. The number of para-hydroxylation sites is 1. The second-order valence-corrected chi connectivity index (χ2v) is 18.0. The molecule has 1 fully saturated rings. The predicted octanol–water partition coefficient (Wildman–Crippen LogP) is -0.227. The summed E-state index contributed by atoms with van der Waals surface area (Å²) in [5, 5.41) is 35.5. The van der Waals surface area contributed by atoms with Crippen LogP contribution >= 0.6 is 0 Å². The van der Waals surface area contributed by atoms with E-state index in [1.54, 1.807) is 29.9 Å². The van der Waals surface area contributed by atoms with Gasteiger partial charge in [0.05, 0.1) is 12.9 Å². The van der Waals surface area contributed by atoms with Gasteiger partial charge in [-0.1, -0.05) is 44.2 Å². The van der Waals surface area contributed by atoms with Gasteiger partial charge in [-0.15, -0.1) is 0 Å². The van der Waals surface area contributed by atoms with E-state index in [2.05, 4.69) is 46.9 Å². The van der Waals surface area contributed by atoms with E-state index < -0.39 is 96.0 Å². The number of carbonyl (C=O) groups is 9. The van der Waals surface area contributed by atoms with E-state index in [0.717, 1.165) is 16.5 Å². The lowest BCUT2D eigenvalue weighted by atomic mass is 10.0. The molecule has 0 aliphatic carbocycles. The third-order valence-electron chi connectivity index (χ3n) is 11.9. The van der Waals surface area contributed by atoms with Gasteiger partial charge < -0.3 is 57.6 Å². The molecule has 1 aliphatic heterocycles. The molecule has 1 saturated heterocycles. The Labute approximate surface area is 409 Å². The zero-order chi connectivity index (χ0) is 51.6. The Morgan fingerprint density at radius 1 is 0.775 bits per heavy atom. The van der Waals surface area contributed by atoms with E-state index in [9.17, 15) is 53.5 Å². The first-order valence-electron chi connectivity index (χ1n) is 23.5. The zero-order valence-electron chi connectivity index (χ0n) is 39.9. The third-order valence-corrected chi connectivity index (χ3v) is 11.9. The molecule has 0 bridgehead atoms. The fraction of sp³-hybridized carbons (Fsp3) is 0.458. The van der Waals surface area contributed by atoms with Gasteiger partial charge in [-0.05, 0) is 80.7 Å². The summed E-state index contributed by atoms with van der Waals surface area (Å²) in [7, 11) is 0. The Morgan fingerprint density at radius 3 is 2.14 bits per heavy atom. The van der Waals surface area contributed by atoms with Gasteiger partial charge in [0.2, 0.25) is 47.3 Å². The summed E-state index contributed by atoms with van der Waals surface area (Å²) in [5.74, 6) is -6.34. The van der Waals surface area contributed by atoms with Crippen LogP contribution in [-0.2, 0) is 62.4 Å². The number of nitrogens with zero attached hydrogens (tertiary/aromatic N) is 2. The fourth-order valence-corrected chi connectivity index (χ4v) is 8.11. The number of primary amides is 1. The number of aromatic hydroxyl groups is 1. The van der Waals surface area contributed by atoms with Gasteiger partial charge in [0.1, 0.15) is 42.0 Å². The second kappa shape index (κ2) is 26.2. The second-order valence-electron chi connectivity index (χ2n) is 18.0. The van der Waals surface area contributed by atoms with Crippen molar-refractivity contribution < 1.29 is 53.5 Å². The third kappa shape index (κ3) is 16.7. The number of benzene rings is 2. The number of aromatic amines is 2. The molecule has 0 saturated carbocycles. The molecule has 23 heteroatoms. The molecule has 0 radical (unpaired) electrons. The molecule has 9 amide bonds. The van der Waals surface area contributed by atoms with Crippen LogP contribution in [0.2, 0.25) is 0 Å². The van der Waals surface area contributed by atoms with Gasteiger partial charge in [-0.3, -0.25) is 48.4 Å². The lowest BCUT2D eigenvalue weighted by Crippen LogP contribution is -2.58. The SMILES string of the molecule is CC(C)C[C@H](NC(=O)[C@H](Cc1cnc[nH]1)NC(=O)CN1CCCC[C@H](NC(=O)[C@H](C)NC(=O)[C@H](Cc2c[nH]c3ccccc23)NC(=O)[C@H](CCC(N)=O)NC(=O)CCc2ccc(O)cc2)C1=O)C(=O)NO. The molecule has 0 spiro atoms. The standard InChI is InChI=1S/C48H64N12O11/c1-27(2)20-37(47(69)59-71)57-46(68)39(22-31-24-50-26-52-31)55-42(64)25-60-19-7-6-10-36(48(60)70)56-43(65)28(3)53-45(67)38(21-30-23-51-34-9-5-4-8-33(30)34)58-44(66)35(16-17-40(49)62)54-41(63)18-13-29-11-14-32(61)15-12-29/h4-5,8-9,11-12,14-15,23-24,26-28,35-39,51,61,71H,6-7,10,13,16-22,25H2,1-3H3,(H2,49,62)(H,50,52)(H,53,67)(H,54,63)(H,55,64)(H,56,65)(H,57,68)(H,58,66)(H,59,69)/t28-,35-,36-,37-,38-,39-/m0/s1. The van der Waals surface area contributed by atoms with Crippen molar-refractivity contribution in [3.05, 3.63) is 84.1 Å². The average molecular weight is 985 g/mol. The quantitative estimate of drug-likeness (QED) is 0.0303. The number of amides is 9. The predicted molar refractivity (Wildman–Crippen MR) is 256 cm³/mol. The van der Waals surface area contributed by atoms with Crippen molar-refractivity contribution in [1.82, 2.24) is 57.2 Å². The van der Waals surface area contributed by atoms with E-state index >= 15 is 0 Å². The summed E-state index contributed by atoms with van der Waals surface area (Å²) in [5.41, 5.74) is 9.62. The van der Waals surface area contributed by atoms with Crippen LogP contribution in [0.4, 0.5) is 0 Å². The van der Waals surface area contributed by atoms with E-state index in [0.29, 0.717) is 24.1 Å².